The summed E-state index contributed by atoms with van der Waals surface area (Å²) < 4.78 is 27.4. The number of aliphatic carboxylic acids is 1. The van der Waals surface area contributed by atoms with E-state index in [4.69, 9.17) is 0 Å². The zero-order valence-corrected chi connectivity index (χ0v) is 13.4. The van der Waals surface area contributed by atoms with Crippen LogP contribution in [0.5, 0.6) is 0 Å². The van der Waals surface area contributed by atoms with Gasteiger partial charge in [0.15, 0.2) is 0 Å². The Morgan fingerprint density at radius 2 is 1.96 bits per heavy atom. The number of nitrogens with one attached hydrogen (secondary N) is 1. The van der Waals surface area contributed by atoms with Crippen molar-refractivity contribution >= 4 is 16.9 Å². The van der Waals surface area contributed by atoms with Crippen LogP contribution in [0.15, 0.2) is 36.4 Å². The fraction of sp³-hybridized carbons (Fsp3) is 0.211. The number of halogens is 2. The highest BCUT2D eigenvalue weighted by atomic mass is 19.1. The Kier molecular flexibility index (Phi) is 4.09. The molecule has 3 rings (SSSR count). The van der Waals surface area contributed by atoms with E-state index in [1.165, 1.54) is 6.07 Å². The van der Waals surface area contributed by atoms with Gasteiger partial charge in [-0.3, -0.25) is 4.79 Å². The molecule has 0 radical (unpaired) electrons. The van der Waals surface area contributed by atoms with Crippen molar-refractivity contribution in [1.82, 2.24) is 4.98 Å². The van der Waals surface area contributed by atoms with E-state index in [1.54, 1.807) is 0 Å². The highest BCUT2D eigenvalue weighted by molar-refractivity contribution is 5.95. The van der Waals surface area contributed by atoms with E-state index in [9.17, 15) is 18.7 Å². The van der Waals surface area contributed by atoms with Gasteiger partial charge in [-0.25, -0.2) is 8.78 Å². The second-order valence-electron chi connectivity index (χ2n) is 6.10. The smallest absolute Gasteiger partial charge is 0.307 e. The van der Waals surface area contributed by atoms with Crippen LogP contribution in [0.4, 0.5) is 8.78 Å². The summed E-state index contributed by atoms with van der Waals surface area (Å²) in [5, 5.41) is 9.99. The third-order valence-corrected chi connectivity index (χ3v) is 4.12. The van der Waals surface area contributed by atoms with Crippen molar-refractivity contribution in [1.29, 1.82) is 0 Å². The molecule has 24 heavy (non-hydrogen) atoms. The lowest BCUT2D eigenvalue weighted by Gasteiger charge is -2.06. The monoisotopic (exact) mass is 329 g/mol. The van der Waals surface area contributed by atoms with Crippen LogP contribution in [-0.4, -0.2) is 16.1 Å². The molecular formula is C19H17F2NO2. The second-order valence-corrected chi connectivity index (χ2v) is 6.10. The molecule has 1 heterocycles. The van der Waals surface area contributed by atoms with E-state index < -0.39 is 17.6 Å². The van der Waals surface area contributed by atoms with Crippen molar-refractivity contribution in [2.45, 2.75) is 26.2 Å². The number of aromatic amines is 1. The molecule has 0 fully saturated rings. The molecule has 1 aromatic heterocycles. The lowest BCUT2D eigenvalue weighted by molar-refractivity contribution is -0.136. The molecule has 0 bridgehead atoms. The predicted molar refractivity (Wildman–Crippen MR) is 89.1 cm³/mol. The van der Waals surface area contributed by atoms with Gasteiger partial charge in [0.1, 0.15) is 11.6 Å². The summed E-state index contributed by atoms with van der Waals surface area (Å²) in [7, 11) is 0. The van der Waals surface area contributed by atoms with E-state index in [-0.39, 0.29) is 17.9 Å². The van der Waals surface area contributed by atoms with E-state index in [1.807, 2.05) is 32.0 Å². The highest BCUT2D eigenvalue weighted by Crippen LogP contribution is 2.35. The summed E-state index contributed by atoms with van der Waals surface area (Å²) in [6.07, 6.45) is -0.242. The minimum absolute atomic E-state index is 0.165. The van der Waals surface area contributed by atoms with Gasteiger partial charge in [-0.15, -0.1) is 0 Å². The normalized spacial score (nSPS) is 11.4. The molecule has 2 N–H and O–H groups in total. The molecule has 2 aromatic carbocycles. The first kappa shape index (κ1) is 16.2. The maximum atomic E-state index is 14.2. The first-order valence-corrected chi connectivity index (χ1v) is 7.69. The van der Waals surface area contributed by atoms with Crippen LogP contribution in [0, 0.1) is 11.6 Å². The average Bonchev–Trinajstić information content (AvgIpc) is 2.85. The lowest BCUT2D eigenvalue weighted by atomic mass is 9.97. The van der Waals surface area contributed by atoms with Crippen LogP contribution in [0.25, 0.3) is 22.2 Å². The van der Waals surface area contributed by atoms with E-state index in [0.29, 0.717) is 11.3 Å². The van der Waals surface area contributed by atoms with Crippen LogP contribution < -0.4 is 0 Å². The number of rotatable bonds is 4. The SMILES string of the molecule is CC(C)c1cccc2c(CC(=O)O)c(-c3ccc(F)cc3F)[nH]c12. The maximum Gasteiger partial charge on any atom is 0.307 e. The van der Waals surface area contributed by atoms with Crippen LogP contribution in [0.3, 0.4) is 0 Å². The first-order chi connectivity index (χ1) is 11.4. The molecule has 0 saturated carbocycles. The number of carboxylic acid groups (broad SMARTS) is 1. The molecule has 0 saturated heterocycles. The van der Waals surface area contributed by atoms with Crippen LogP contribution in [-0.2, 0) is 11.2 Å². The Morgan fingerprint density at radius 3 is 2.58 bits per heavy atom. The number of carboxylic acids is 1. The van der Waals surface area contributed by atoms with Gasteiger partial charge in [-0.2, -0.15) is 0 Å². The number of benzene rings is 2. The summed E-state index contributed by atoms with van der Waals surface area (Å²) in [6.45, 7) is 4.06. The Bertz CT molecular complexity index is 929. The third kappa shape index (κ3) is 2.77. The number of hydrogen-bond acceptors (Lipinski definition) is 1. The number of carbonyl (C=O) groups is 1. The molecule has 0 aliphatic heterocycles. The van der Waals surface area contributed by atoms with Gasteiger partial charge in [0.05, 0.1) is 12.1 Å². The molecule has 0 spiro atoms. The first-order valence-electron chi connectivity index (χ1n) is 7.69. The molecule has 0 atom stereocenters. The predicted octanol–water partition coefficient (Wildman–Crippen LogP) is 4.86. The van der Waals surface area contributed by atoms with Crippen molar-refractivity contribution in [3.05, 3.63) is 59.2 Å². The third-order valence-electron chi connectivity index (χ3n) is 4.12. The molecule has 0 aliphatic rings. The van der Waals surface area contributed by atoms with E-state index in [0.717, 1.165) is 28.6 Å². The summed E-state index contributed by atoms with van der Waals surface area (Å²) in [4.78, 5) is 14.5. The van der Waals surface area contributed by atoms with Crippen LogP contribution in [0.1, 0.15) is 30.9 Å². The quantitative estimate of drug-likeness (QED) is 0.718. The topological polar surface area (TPSA) is 53.1 Å². The van der Waals surface area contributed by atoms with Crippen molar-refractivity contribution in [3.63, 3.8) is 0 Å². The molecule has 0 aliphatic carbocycles. The minimum Gasteiger partial charge on any atom is -0.481 e. The number of fused-ring (bicyclic) bond motifs is 1. The van der Waals surface area contributed by atoms with Gasteiger partial charge >= 0.3 is 5.97 Å². The summed E-state index contributed by atoms with van der Waals surface area (Å²) >= 11 is 0. The molecule has 3 nitrogen and oxygen atoms in total. The Morgan fingerprint density at radius 1 is 1.21 bits per heavy atom. The van der Waals surface area contributed by atoms with Gasteiger partial charge in [0.25, 0.3) is 0 Å². The molecule has 3 aromatic rings. The molecule has 0 unspecified atom stereocenters. The van der Waals surface area contributed by atoms with Gasteiger partial charge < -0.3 is 10.1 Å². The Labute approximate surface area is 137 Å². The number of para-hydroxylation sites is 1. The van der Waals surface area contributed by atoms with Gasteiger partial charge in [0.2, 0.25) is 0 Å². The summed E-state index contributed by atoms with van der Waals surface area (Å²) in [6, 6.07) is 8.93. The van der Waals surface area contributed by atoms with Crippen molar-refractivity contribution in [2.75, 3.05) is 0 Å². The number of hydrogen-bond donors (Lipinski definition) is 2. The van der Waals surface area contributed by atoms with E-state index in [2.05, 4.69) is 4.98 Å². The van der Waals surface area contributed by atoms with Crippen LogP contribution >= 0.6 is 0 Å². The zero-order chi connectivity index (χ0) is 17.4. The van der Waals surface area contributed by atoms with Gasteiger partial charge in [-0.05, 0) is 29.2 Å². The zero-order valence-electron chi connectivity index (χ0n) is 13.4. The lowest BCUT2D eigenvalue weighted by Crippen LogP contribution is -2.01. The minimum atomic E-state index is -1.00. The van der Waals surface area contributed by atoms with Crippen LogP contribution in [0.2, 0.25) is 0 Å². The summed E-state index contributed by atoms with van der Waals surface area (Å²) in [5.74, 6) is -2.18. The highest BCUT2D eigenvalue weighted by Gasteiger charge is 2.20. The Hall–Kier alpha value is -2.69. The standard InChI is InChI=1S/C19H17F2NO2/c1-10(2)12-4-3-5-13-15(9-17(23)24)19(22-18(12)13)14-7-6-11(20)8-16(14)21/h3-8,10,22H,9H2,1-2H3,(H,23,24). The van der Waals surface area contributed by atoms with E-state index >= 15 is 0 Å². The number of aromatic nitrogens is 1. The molecule has 5 heteroatoms. The van der Waals surface area contributed by atoms with Crippen molar-refractivity contribution in [2.24, 2.45) is 0 Å². The second kappa shape index (κ2) is 6.07. The van der Waals surface area contributed by atoms with Gasteiger partial charge in [0, 0.05) is 22.5 Å². The fourth-order valence-corrected chi connectivity index (χ4v) is 3.03. The maximum absolute atomic E-state index is 14.2. The molecule has 0 amide bonds. The number of H-pyrrole nitrogens is 1. The largest absolute Gasteiger partial charge is 0.481 e. The van der Waals surface area contributed by atoms with Crippen molar-refractivity contribution < 1.29 is 18.7 Å². The molecular weight excluding hydrogens is 312 g/mol. The van der Waals surface area contributed by atoms with Gasteiger partial charge in [-0.1, -0.05) is 32.0 Å². The van der Waals surface area contributed by atoms with Crippen molar-refractivity contribution in [3.8, 4) is 11.3 Å². The average molecular weight is 329 g/mol. The Balaban J connectivity index is 2.33. The molecule has 124 valence electrons. The fourth-order valence-electron chi connectivity index (χ4n) is 3.03. The summed E-state index contributed by atoms with van der Waals surface area (Å²) in [5.41, 5.74) is 2.87.